The van der Waals surface area contributed by atoms with E-state index in [2.05, 4.69) is 0 Å². The Morgan fingerprint density at radius 1 is 1.23 bits per heavy atom. The average molecular weight is 198 g/mol. The topological polar surface area (TPSA) is 40.5 Å². The largest absolute Gasteiger partial charge is 0.347 e. The molecule has 0 aliphatic carbocycles. The highest BCUT2D eigenvalue weighted by atomic mass is 31.2. The highest BCUT2D eigenvalue weighted by Gasteiger charge is 2.12. The highest BCUT2D eigenvalue weighted by molar-refractivity contribution is 7.54. The van der Waals surface area contributed by atoms with E-state index in [4.69, 9.17) is 0 Å². The predicted octanol–water partition coefficient (Wildman–Crippen LogP) is 2.04. The fourth-order valence-corrected chi connectivity index (χ4v) is 2.20. The van der Waals surface area contributed by atoms with Crippen molar-refractivity contribution in [1.29, 1.82) is 0 Å². The van der Waals surface area contributed by atoms with E-state index in [1.165, 1.54) is 0 Å². The summed E-state index contributed by atoms with van der Waals surface area (Å²) in [4.78, 5) is 18.4. The molecule has 72 valence electrons. The summed E-state index contributed by atoms with van der Waals surface area (Å²) in [6.45, 7) is 6.05. The maximum absolute atomic E-state index is 9.20. The molecule has 0 aliphatic heterocycles. The fraction of sp³-hybridized carbons (Fsp3) is 0.400. The molecular formula is C10H15O2P. The Morgan fingerprint density at radius 2 is 1.85 bits per heavy atom. The van der Waals surface area contributed by atoms with Gasteiger partial charge in [0.25, 0.3) is 0 Å². The molecular weight excluding hydrogens is 183 g/mol. The molecule has 0 fully saturated rings. The van der Waals surface area contributed by atoms with Crippen LogP contribution in [-0.4, -0.2) is 9.79 Å². The van der Waals surface area contributed by atoms with Gasteiger partial charge in [0, 0.05) is 5.30 Å². The Morgan fingerprint density at radius 3 is 2.31 bits per heavy atom. The second-order valence-corrected chi connectivity index (χ2v) is 4.57. The molecule has 1 rings (SSSR count). The third kappa shape index (κ3) is 2.50. The first kappa shape index (κ1) is 10.6. The SMILES string of the molecule is Cc1ccc(C(C)C)c(P(O)O)c1. The summed E-state index contributed by atoms with van der Waals surface area (Å²) in [7, 11) is -1.97. The molecule has 0 aromatic heterocycles. The molecule has 0 saturated carbocycles. The second kappa shape index (κ2) is 4.19. The van der Waals surface area contributed by atoms with Crippen molar-refractivity contribution in [1.82, 2.24) is 0 Å². The van der Waals surface area contributed by atoms with Gasteiger partial charge in [0.2, 0.25) is 0 Å². The van der Waals surface area contributed by atoms with Crippen molar-refractivity contribution >= 4 is 13.7 Å². The van der Waals surface area contributed by atoms with Crippen molar-refractivity contribution in [2.75, 3.05) is 0 Å². The number of aryl methyl sites for hydroxylation is 1. The first-order valence-electron chi connectivity index (χ1n) is 4.31. The molecule has 0 spiro atoms. The van der Waals surface area contributed by atoms with Gasteiger partial charge in [-0.05, 0) is 24.5 Å². The van der Waals surface area contributed by atoms with Crippen LogP contribution in [0, 0.1) is 6.92 Å². The van der Waals surface area contributed by atoms with E-state index < -0.39 is 8.38 Å². The Kier molecular flexibility index (Phi) is 3.43. The van der Waals surface area contributed by atoms with Crippen molar-refractivity contribution in [2.24, 2.45) is 0 Å². The van der Waals surface area contributed by atoms with Gasteiger partial charge in [0.15, 0.2) is 8.38 Å². The molecule has 3 heteroatoms. The number of hydrogen-bond donors (Lipinski definition) is 2. The molecule has 0 heterocycles. The quantitative estimate of drug-likeness (QED) is 0.714. The summed E-state index contributed by atoms with van der Waals surface area (Å²) >= 11 is 0. The van der Waals surface area contributed by atoms with E-state index in [1.54, 1.807) is 0 Å². The van der Waals surface area contributed by atoms with E-state index in [0.29, 0.717) is 11.2 Å². The third-order valence-electron chi connectivity index (χ3n) is 2.02. The molecule has 0 atom stereocenters. The Labute approximate surface area is 80.2 Å². The Balaban J connectivity index is 3.19. The lowest BCUT2D eigenvalue weighted by atomic mass is 10.0. The molecule has 0 radical (unpaired) electrons. The van der Waals surface area contributed by atoms with Gasteiger partial charge in [-0.25, -0.2) is 0 Å². The minimum absolute atomic E-state index is 0.333. The average Bonchev–Trinajstić information content (AvgIpc) is 2.03. The van der Waals surface area contributed by atoms with Gasteiger partial charge in [-0.15, -0.1) is 0 Å². The smallest absolute Gasteiger partial charge is 0.199 e. The van der Waals surface area contributed by atoms with E-state index in [9.17, 15) is 9.79 Å². The zero-order chi connectivity index (χ0) is 10.0. The summed E-state index contributed by atoms with van der Waals surface area (Å²) in [6, 6.07) is 5.82. The first-order chi connectivity index (χ1) is 6.02. The maximum Gasteiger partial charge on any atom is 0.199 e. The Bertz CT molecular complexity index is 295. The standard InChI is InChI=1S/C10H15O2P/c1-7(2)9-5-4-8(3)6-10(9)13(11)12/h4-7,11-12H,1-3H3. The molecule has 0 unspecified atom stereocenters. The van der Waals surface area contributed by atoms with Gasteiger partial charge >= 0.3 is 0 Å². The van der Waals surface area contributed by atoms with E-state index in [0.717, 1.165) is 11.1 Å². The van der Waals surface area contributed by atoms with Crippen molar-refractivity contribution in [3.63, 3.8) is 0 Å². The van der Waals surface area contributed by atoms with Gasteiger partial charge in [-0.2, -0.15) is 0 Å². The Hall–Kier alpha value is -0.430. The van der Waals surface area contributed by atoms with Gasteiger partial charge in [0.05, 0.1) is 0 Å². The van der Waals surface area contributed by atoms with Gasteiger partial charge in [-0.3, -0.25) is 0 Å². The minimum atomic E-state index is -1.97. The van der Waals surface area contributed by atoms with Crippen LogP contribution in [0.2, 0.25) is 0 Å². The molecule has 1 aromatic carbocycles. The van der Waals surface area contributed by atoms with Crippen LogP contribution >= 0.6 is 8.38 Å². The van der Waals surface area contributed by atoms with Crippen molar-refractivity contribution in [3.05, 3.63) is 29.3 Å². The lowest BCUT2D eigenvalue weighted by Crippen LogP contribution is -2.10. The molecule has 13 heavy (non-hydrogen) atoms. The summed E-state index contributed by atoms with van der Waals surface area (Å²) < 4.78 is 0. The van der Waals surface area contributed by atoms with Crippen LogP contribution in [0.25, 0.3) is 0 Å². The number of rotatable bonds is 2. The van der Waals surface area contributed by atoms with Crippen LogP contribution < -0.4 is 5.30 Å². The maximum atomic E-state index is 9.20. The van der Waals surface area contributed by atoms with Crippen molar-refractivity contribution in [2.45, 2.75) is 26.7 Å². The molecule has 0 saturated heterocycles. The monoisotopic (exact) mass is 198 g/mol. The van der Waals surface area contributed by atoms with Gasteiger partial charge in [-0.1, -0.05) is 31.5 Å². The van der Waals surface area contributed by atoms with Crippen LogP contribution in [0.4, 0.5) is 0 Å². The van der Waals surface area contributed by atoms with Crippen molar-refractivity contribution < 1.29 is 9.79 Å². The van der Waals surface area contributed by atoms with Gasteiger partial charge < -0.3 is 9.79 Å². The molecule has 2 N–H and O–H groups in total. The molecule has 0 amide bonds. The van der Waals surface area contributed by atoms with Crippen LogP contribution in [-0.2, 0) is 0 Å². The zero-order valence-electron chi connectivity index (χ0n) is 8.15. The summed E-state index contributed by atoms with van der Waals surface area (Å²) in [5, 5.41) is 0.685. The minimum Gasteiger partial charge on any atom is -0.347 e. The lowest BCUT2D eigenvalue weighted by molar-refractivity contribution is 0.496. The number of benzene rings is 1. The fourth-order valence-electron chi connectivity index (χ4n) is 1.32. The molecule has 0 aliphatic rings. The van der Waals surface area contributed by atoms with Gasteiger partial charge in [0.1, 0.15) is 0 Å². The van der Waals surface area contributed by atoms with Crippen LogP contribution in [0.15, 0.2) is 18.2 Å². The zero-order valence-corrected chi connectivity index (χ0v) is 9.05. The lowest BCUT2D eigenvalue weighted by Gasteiger charge is -2.13. The van der Waals surface area contributed by atoms with E-state index in [1.807, 2.05) is 39.0 Å². The molecule has 2 nitrogen and oxygen atoms in total. The highest BCUT2D eigenvalue weighted by Crippen LogP contribution is 2.28. The second-order valence-electron chi connectivity index (χ2n) is 3.51. The molecule has 0 bridgehead atoms. The normalized spacial score (nSPS) is 11.3. The van der Waals surface area contributed by atoms with Crippen LogP contribution in [0.1, 0.15) is 30.9 Å². The summed E-state index contributed by atoms with van der Waals surface area (Å²) in [5.41, 5.74) is 2.09. The van der Waals surface area contributed by atoms with Crippen LogP contribution in [0.3, 0.4) is 0 Å². The number of hydrogen-bond acceptors (Lipinski definition) is 2. The summed E-state index contributed by atoms with van der Waals surface area (Å²) in [6.07, 6.45) is 0. The molecule has 1 aromatic rings. The predicted molar refractivity (Wildman–Crippen MR) is 56.3 cm³/mol. The summed E-state index contributed by atoms with van der Waals surface area (Å²) in [5.74, 6) is 0.333. The first-order valence-corrected chi connectivity index (χ1v) is 5.55. The van der Waals surface area contributed by atoms with E-state index in [-0.39, 0.29) is 0 Å². The third-order valence-corrected chi connectivity index (χ3v) is 2.84. The van der Waals surface area contributed by atoms with Crippen molar-refractivity contribution in [3.8, 4) is 0 Å². The van der Waals surface area contributed by atoms with Crippen LogP contribution in [0.5, 0.6) is 0 Å². The van der Waals surface area contributed by atoms with E-state index >= 15 is 0 Å².